The number of nitrogens with one attached hydrogen (secondary N) is 1. The molecule has 2 heterocycles. The number of carbonyl (C=O) groups is 1. The maximum absolute atomic E-state index is 14.5. The van der Waals surface area contributed by atoms with Gasteiger partial charge in [-0.25, -0.2) is 12.8 Å². The van der Waals surface area contributed by atoms with Crippen molar-refractivity contribution in [3.63, 3.8) is 0 Å². The number of carbonyl (C=O) groups excluding carboxylic acids is 1. The highest BCUT2D eigenvalue weighted by atomic mass is 32.2. The highest BCUT2D eigenvalue weighted by Gasteiger charge is 2.47. The van der Waals surface area contributed by atoms with Crippen molar-refractivity contribution in [3.05, 3.63) is 59.9 Å². The molecular weight excluding hydrogens is 425 g/mol. The highest BCUT2D eigenvalue weighted by Crippen LogP contribution is 2.36. The van der Waals surface area contributed by atoms with Crippen molar-refractivity contribution in [1.29, 1.82) is 0 Å². The Morgan fingerprint density at radius 1 is 1.20 bits per heavy atom. The summed E-state index contributed by atoms with van der Waals surface area (Å²) in [5.74, 6) is -0.675. The first-order chi connectivity index (χ1) is 14.4. The van der Waals surface area contributed by atoms with Gasteiger partial charge in [-0.1, -0.05) is 49.0 Å². The molecule has 2 aliphatic heterocycles. The minimum atomic E-state index is -3.22. The second-order valence-corrected chi connectivity index (χ2v) is 10.4. The number of sulfone groups is 1. The fourth-order valence-corrected chi connectivity index (χ4v) is 6.59. The molecule has 6 nitrogen and oxygen atoms in total. The van der Waals surface area contributed by atoms with Crippen LogP contribution >= 0.6 is 11.8 Å². The summed E-state index contributed by atoms with van der Waals surface area (Å²) in [5.41, 5.74) is 2.10. The molecule has 1 amide bonds. The van der Waals surface area contributed by atoms with E-state index in [-0.39, 0.29) is 28.9 Å². The zero-order valence-corrected chi connectivity index (χ0v) is 18.0. The summed E-state index contributed by atoms with van der Waals surface area (Å²) in [6.07, 6.45) is 0.801. The molecule has 2 atom stereocenters. The van der Waals surface area contributed by atoms with Crippen LogP contribution in [0.5, 0.6) is 0 Å². The maximum atomic E-state index is 14.5. The van der Waals surface area contributed by atoms with E-state index in [2.05, 4.69) is 10.3 Å². The number of rotatable bonds is 5. The number of hydrogen-bond donors (Lipinski definition) is 1. The van der Waals surface area contributed by atoms with Crippen LogP contribution in [-0.2, 0) is 21.1 Å². The Morgan fingerprint density at radius 3 is 2.70 bits per heavy atom. The lowest BCUT2D eigenvalue weighted by Crippen LogP contribution is -2.40. The number of benzene rings is 2. The Bertz CT molecular complexity index is 1100. The van der Waals surface area contributed by atoms with Crippen LogP contribution in [0.15, 0.2) is 53.5 Å². The molecule has 4 rings (SSSR count). The Kier molecular flexibility index (Phi) is 5.84. The van der Waals surface area contributed by atoms with Gasteiger partial charge >= 0.3 is 0 Å². The molecule has 0 radical (unpaired) electrons. The molecule has 2 aromatic carbocycles. The van der Waals surface area contributed by atoms with Gasteiger partial charge in [0.15, 0.2) is 15.0 Å². The molecule has 0 saturated carbocycles. The number of halogens is 1. The average molecular weight is 448 g/mol. The fraction of sp³-hybridized carbons (Fsp3) is 0.333. The van der Waals surface area contributed by atoms with Crippen LogP contribution in [0.4, 0.5) is 15.8 Å². The number of nitrogens with zero attached hydrogens (tertiary/aromatic N) is 2. The van der Waals surface area contributed by atoms with Gasteiger partial charge in [-0.15, -0.1) is 0 Å². The lowest BCUT2D eigenvalue weighted by Gasteiger charge is -2.26. The molecule has 0 unspecified atom stereocenters. The van der Waals surface area contributed by atoms with Crippen LogP contribution in [0.1, 0.15) is 12.5 Å². The van der Waals surface area contributed by atoms with Gasteiger partial charge in [-0.2, -0.15) is 0 Å². The first-order valence-corrected chi connectivity index (χ1v) is 12.5. The molecule has 1 fully saturated rings. The van der Waals surface area contributed by atoms with Crippen molar-refractivity contribution < 1.29 is 17.6 Å². The van der Waals surface area contributed by atoms with Crippen molar-refractivity contribution in [2.45, 2.75) is 25.4 Å². The van der Waals surface area contributed by atoms with Crippen LogP contribution in [-0.4, -0.2) is 48.8 Å². The third-order valence-electron chi connectivity index (χ3n) is 5.22. The number of fused-ring (bicyclic) bond motifs is 1. The average Bonchev–Trinajstić information content (AvgIpc) is 3.18. The quantitative estimate of drug-likeness (QED) is 0.762. The zero-order valence-electron chi connectivity index (χ0n) is 16.4. The number of anilines is 2. The SMILES string of the molecule is CCc1ccccc1NC(=O)CSC1=N[C@@H]2CS(=O)(=O)C[C@H]2N1c1ccccc1F. The van der Waals surface area contributed by atoms with Crippen molar-refractivity contribution in [3.8, 4) is 0 Å². The summed E-state index contributed by atoms with van der Waals surface area (Å²) in [5, 5.41) is 3.39. The van der Waals surface area contributed by atoms with Crippen LogP contribution in [0.3, 0.4) is 0 Å². The van der Waals surface area contributed by atoms with Crippen LogP contribution < -0.4 is 10.2 Å². The Hall–Kier alpha value is -2.39. The van der Waals surface area contributed by atoms with E-state index < -0.39 is 27.7 Å². The number of para-hydroxylation sites is 2. The second-order valence-electron chi connectivity index (χ2n) is 7.29. The van der Waals surface area contributed by atoms with Crippen molar-refractivity contribution in [1.82, 2.24) is 0 Å². The molecule has 0 bridgehead atoms. The maximum Gasteiger partial charge on any atom is 0.234 e. The predicted octanol–water partition coefficient (Wildman–Crippen LogP) is 3.10. The number of thioether (sulfide) groups is 1. The van der Waals surface area contributed by atoms with E-state index in [1.54, 1.807) is 23.1 Å². The molecule has 158 valence electrons. The van der Waals surface area contributed by atoms with Crippen LogP contribution in [0.25, 0.3) is 0 Å². The van der Waals surface area contributed by atoms with E-state index in [0.717, 1.165) is 17.7 Å². The molecule has 0 aromatic heterocycles. The fourth-order valence-electron chi connectivity index (χ4n) is 3.83. The molecule has 9 heteroatoms. The Balaban J connectivity index is 1.52. The van der Waals surface area contributed by atoms with E-state index in [4.69, 9.17) is 0 Å². The van der Waals surface area contributed by atoms with E-state index in [1.165, 1.54) is 17.8 Å². The van der Waals surface area contributed by atoms with Gasteiger partial charge in [0, 0.05) is 5.69 Å². The number of amides is 1. The second kappa shape index (κ2) is 8.39. The third kappa shape index (κ3) is 4.22. The zero-order chi connectivity index (χ0) is 21.3. The summed E-state index contributed by atoms with van der Waals surface area (Å²) in [4.78, 5) is 18.7. The van der Waals surface area contributed by atoms with Gasteiger partial charge in [0.1, 0.15) is 5.82 Å². The molecule has 2 aromatic rings. The largest absolute Gasteiger partial charge is 0.325 e. The van der Waals surface area contributed by atoms with Crippen molar-refractivity contribution in [2.24, 2.45) is 4.99 Å². The van der Waals surface area contributed by atoms with Gasteiger partial charge in [-0.3, -0.25) is 9.79 Å². The molecular formula is C21H22FN3O3S2. The van der Waals surface area contributed by atoms with Gasteiger partial charge < -0.3 is 10.2 Å². The minimum Gasteiger partial charge on any atom is -0.325 e. The normalized spacial score (nSPS) is 21.9. The van der Waals surface area contributed by atoms with E-state index >= 15 is 0 Å². The molecule has 0 spiro atoms. The summed E-state index contributed by atoms with van der Waals surface area (Å²) >= 11 is 1.20. The summed E-state index contributed by atoms with van der Waals surface area (Å²) < 4.78 is 38.7. The lowest BCUT2D eigenvalue weighted by molar-refractivity contribution is -0.113. The molecule has 30 heavy (non-hydrogen) atoms. The number of amidine groups is 1. The predicted molar refractivity (Wildman–Crippen MR) is 119 cm³/mol. The summed E-state index contributed by atoms with van der Waals surface area (Å²) in [6, 6.07) is 12.9. The molecule has 0 aliphatic carbocycles. The van der Waals surface area contributed by atoms with Gasteiger partial charge in [0.25, 0.3) is 0 Å². The van der Waals surface area contributed by atoms with Gasteiger partial charge in [0.2, 0.25) is 5.91 Å². The first kappa shape index (κ1) is 20.9. The van der Waals surface area contributed by atoms with Gasteiger partial charge in [-0.05, 0) is 30.2 Å². The van der Waals surface area contributed by atoms with E-state index in [1.807, 2.05) is 31.2 Å². The monoisotopic (exact) mass is 447 g/mol. The third-order valence-corrected chi connectivity index (χ3v) is 7.89. The first-order valence-electron chi connectivity index (χ1n) is 9.70. The number of aryl methyl sites for hydroxylation is 1. The Labute approximate surface area is 179 Å². The standard InChI is InChI=1S/C21H22FN3O3S2/c1-2-14-7-3-5-9-16(14)23-20(26)11-29-21-24-17-12-30(27,28)13-19(17)25(21)18-10-6-4-8-15(18)22/h3-10,17,19H,2,11-13H2,1H3,(H,23,26)/t17-,19-/m1/s1. The highest BCUT2D eigenvalue weighted by molar-refractivity contribution is 8.14. The number of hydrogen-bond acceptors (Lipinski definition) is 6. The smallest absolute Gasteiger partial charge is 0.234 e. The summed E-state index contributed by atoms with van der Waals surface area (Å²) in [7, 11) is -3.22. The van der Waals surface area contributed by atoms with Crippen molar-refractivity contribution >= 4 is 44.0 Å². The van der Waals surface area contributed by atoms with Crippen LogP contribution in [0.2, 0.25) is 0 Å². The van der Waals surface area contributed by atoms with Crippen LogP contribution in [0, 0.1) is 5.82 Å². The van der Waals surface area contributed by atoms with E-state index in [0.29, 0.717) is 5.17 Å². The lowest BCUT2D eigenvalue weighted by atomic mass is 10.1. The van der Waals surface area contributed by atoms with Gasteiger partial charge in [0.05, 0.1) is 35.0 Å². The summed E-state index contributed by atoms with van der Waals surface area (Å²) in [6.45, 7) is 2.02. The number of aliphatic imine (C=N–C) groups is 1. The molecule has 1 N–H and O–H groups in total. The molecule has 2 aliphatic rings. The van der Waals surface area contributed by atoms with Crippen molar-refractivity contribution in [2.75, 3.05) is 27.5 Å². The molecule has 1 saturated heterocycles. The Morgan fingerprint density at radius 2 is 1.93 bits per heavy atom. The minimum absolute atomic E-state index is 0.0528. The van der Waals surface area contributed by atoms with E-state index in [9.17, 15) is 17.6 Å². The topological polar surface area (TPSA) is 78.8 Å².